The molecular formula is C15H16ClF3N4+2. The minimum atomic E-state index is -4.40. The van der Waals surface area contributed by atoms with Gasteiger partial charge in [-0.25, -0.2) is 9.97 Å². The first kappa shape index (κ1) is 15.9. The second-order valence-electron chi connectivity index (χ2n) is 5.31. The molecule has 122 valence electrons. The van der Waals surface area contributed by atoms with Crippen molar-refractivity contribution in [3.05, 3.63) is 47.4 Å². The van der Waals surface area contributed by atoms with Gasteiger partial charge in [-0.15, -0.1) is 0 Å². The van der Waals surface area contributed by atoms with Crippen molar-refractivity contribution in [2.24, 2.45) is 0 Å². The Morgan fingerprint density at radius 1 is 1.00 bits per heavy atom. The van der Waals surface area contributed by atoms with E-state index in [2.05, 4.69) is 14.9 Å². The van der Waals surface area contributed by atoms with Gasteiger partial charge in [-0.2, -0.15) is 13.2 Å². The van der Waals surface area contributed by atoms with Crippen molar-refractivity contribution in [2.45, 2.75) is 6.18 Å². The van der Waals surface area contributed by atoms with Crippen LogP contribution in [0.3, 0.4) is 0 Å². The molecular weight excluding hydrogens is 329 g/mol. The second-order valence-corrected chi connectivity index (χ2v) is 5.72. The van der Waals surface area contributed by atoms with Crippen molar-refractivity contribution in [3.8, 4) is 0 Å². The summed E-state index contributed by atoms with van der Waals surface area (Å²) in [6.07, 6.45) is 0.284. The molecule has 1 aliphatic rings. The summed E-state index contributed by atoms with van der Waals surface area (Å²) in [4.78, 5) is 9.86. The second kappa shape index (κ2) is 6.23. The fourth-order valence-electron chi connectivity index (χ4n) is 2.64. The number of aromatic nitrogens is 2. The number of pyridine rings is 2. The maximum Gasteiger partial charge on any atom is 0.419 e. The SMILES string of the molecule is FC(F)(F)c1c[nH+]c(N2CCN(c3cc[nH+]cc3)CC2)c(Cl)c1. The van der Waals surface area contributed by atoms with E-state index in [0.29, 0.717) is 18.9 Å². The monoisotopic (exact) mass is 344 g/mol. The molecule has 0 aromatic carbocycles. The van der Waals surface area contributed by atoms with Gasteiger partial charge in [0.1, 0.15) is 24.3 Å². The summed E-state index contributed by atoms with van der Waals surface area (Å²) in [7, 11) is 0. The van der Waals surface area contributed by atoms with E-state index in [9.17, 15) is 13.2 Å². The molecule has 2 N–H and O–H groups in total. The van der Waals surface area contributed by atoms with Crippen LogP contribution >= 0.6 is 11.6 Å². The van der Waals surface area contributed by atoms with E-state index >= 15 is 0 Å². The molecule has 0 saturated carbocycles. The quantitative estimate of drug-likeness (QED) is 0.838. The van der Waals surface area contributed by atoms with E-state index in [1.54, 1.807) is 0 Å². The molecule has 2 aromatic heterocycles. The number of nitrogens with one attached hydrogen (secondary N) is 2. The largest absolute Gasteiger partial charge is 0.419 e. The molecule has 3 rings (SSSR count). The molecule has 0 bridgehead atoms. The number of halogens is 4. The Morgan fingerprint density at radius 3 is 2.17 bits per heavy atom. The molecule has 4 nitrogen and oxygen atoms in total. The number of aromatic amines is 2. The predicted molar refractivity (Wildman–Crippen MR) is 80.4 cm³/mol. The van der Waals surface area contributed by atoms with Gasteiger partial charge in [0.05, 0.1) is 18.7 Å². The third-order valence-electron chi connectivity index (χ3n) is 3.86. The number of rotatable bonds is 2. The van der Waals surface area contributed by atoms with E-state index in [-0.39, 0.29) is 5.02 Å². The summed E-state index contributed by atoms with van der Waals surface area (Å²) >= 11 is 6.03. The molecule has 8 heteroatoms. The van der Waals surface area contributed by atoms with Crippen LogP contribution in [0.15, 0.2) is 36.8 Å². The molecule has 23 heavy (non-hydrogen) atoms. The first-order valence-electron chi connectivity index (χ1n) is 7.19. The fourth-order valence-corrected chi connectivity index (χ4v) is 2.94. The van der Waals surface area contributed by atoms with Gasteiger partial charge in [0.25, 0.3) is 5.82 Å². The average molecular weight is 345 g/mol. The van der Waals surface area contributed by atoms with Gasteiger partial charge in [-0.1, -0.05) is 11.6 Å². The number of piperazine rings is 1. The van der Waals surface area contributed by atoms with Gasteiger partial charge in [0, 0.05) is 17.8 Å². The van der Waals surface area contributed by atoms with Crippen LogP contribution < -0.4 is 19.8 Å². The number of hydrogen-bond donors (Lipinski definition) is 0. The van der Waals surface area contributed by atoms with Crippen molar-refractivity contribution in [2.75, 3.05) is 36.0 Å². The van der Waals surface area contributed by atoms with Crippen LogP contribution in [-0.2, 0) is 6.18 Å². The highest BCUT2D eigenvalue weighted by atomic mass is 35.5. The smallest absolute Gasteiger partial charge is 0.363 e. The number of alkyl halides is 3. The lowest BCUT2D eigenvalue weighted by atomic mass is 10.2. The summed E-state index contributed by atoms with van der Waals surface area (Å²) in [5.74, 6) is 0.528. The summed E-state index contributed by atoms with van der Waals surface area (Å²) < 4.78 is 38.0. The third kappa shape index (κ3) is 3.50. The predicted octanol–water partition coefficient (Wildman–Crippen LogP) is 2.31. The van der Waals surface area contributed by atoms with E-state index in [1.165, 1.54) is 0 Å². The topological polar surface area (TPSA) is 34.8 Å². The van der Waals surface area contributed by atoms with Crippen molar-refractivity contribution < 1.29 is 23.1 Å². The number of hydrogen-bond acceptors (Lipinski definition) is 2. The Bertz CT molecular complexity index is 670. The Hall–Kier alpha value is -2.02. The first-order valence-corrected chi connectivity index (χ1v) is 7.57. The van der Waals surface area contributed by atoms with Crippen LogP contribution in [0.5, 0.6) is 0 Å². The molecule has 0 amide bonds. The van der Waals surface area contributed by atoms with E-state index < -0.39 is 11.7 Å². The van der Waals surface area contributed by atoms with Gasteiger partial charge >= 0.3 is 6.18 Å². The standard InChI is InChI=1S/C15H14ClF3N4/c16-13-9-11(15(17,18)19)10-21-14(13)23-7-5-22(6-8-23)12-1-3-20-4-2-12/h1-4,9-10H,5-8H2/p+2. The molecule has 0 spiro atoms. The highest BCUT2D eigenvalue weighted by molar-refractivity contribution is 6.32. The molecule has 1 aliphatic heterocycles. The van der Waals surface area contributed by atoms with E-state index in [1.807, 2.05) is 29.4 Å². The van der Waals surface area contributed by atoms with Gasteiger partial charge in [-0.05, 0) is 6.07 Å². The number of nitrogens with zero attached hydrogens (tertiary/aromatic N) is 2. The zero-order chi connectivity index (χ0) is 16.4. The lowest BCUT2D eigenvalue weighted by Gasteiger charge is -2.32. The lowest BCUT2D eigenvalue weighted by Crippen LogP contribution is -2.48. The lowest BCUT2D eigenvalue weighted by molar-refractivity contribution is -0.377. The number of H-pyrrole nitrogens is 2. The maximum absolute atomic E-state index is 12.7. The summed E-state index contributed by atoms with van der Waals surface area (Å²) in [6.45, 7) is 2.91. The van der Waals surface area contributed by atoms with Gasteiger partial charge in [0.2, 0.25) is 0 Å². The summed E-state index contributed by atoms with van der Waals surface area (Å²) in [5, 5.41) is 0.0857. The van der Waals surface area contributed by atoms with Crippen LogP contribution in [0.25, 0.3) is 0 Å². The summed E-state index contributed by atoms with van der Waals surface area (Å²) in [5.41, 5.74) is 0.344. The molecule has 0 aliphatic carbocycles. The van der Waals surface area contributed by atoms with Gasteiger partial charge in [0.15, 0.2) is 12.4 Å². The Morgan fingerprint density at radius 2 is 1.61 bits per heavy atom. The molecule has 0 unspecified atom stereocenters. The zero-order valence-electron chi connectivity index (χ0n) is 12.2. The summed E-state index contributed by atoms with van der Waals surface area (Å²) in [6, 6.07) is 4.95. The van der Waals surface area contributed by atoms with Crippen LogP contribution in [0, 0.1) is 0 Å². The Balaban J connectivity index is 1.71. The first-order chi connectivity index (χ1) is 10.9. The Labute approximate surface area is 136 Å². The van der Waals surface area contributed by atoms with E-state index in [4.69, 9.17) is 11.6 Å². The third-order valence-corrected chi connectivity index (χ3v) is 4.15. The zero-order valence-corrected chi connectivity index (χ0v) is 13.0. The van der Waals surface area contributed by atoms with Crippen LogP contribution in [0.2, 0.25) is 5.02 Å². The molecule has 0 radical (unpaired) electrons. The Kier molecular flexibility index (Phi) is 4.30. The van der Waals surface area contributed by atoms with Crippen molar-refractivity contribution in [1.82, 2.24) is 0 Å². The van der Waals surface area contributed by atoms with Crippen LogP contribution in [0.1, 0.15) is 5.56 Å². The normalized spacial score (nSPS) is 15.8. The molecule has 3 heterocycles. The van der Waals surface area contributed by atoms with Crippen LogP contribution in [-0.4, -0.2) is 26.2 Å². The van der Waals surface area contributed by atoms with Crippen molar-refractivity contribution >= 4 is 23.1 Å². The molecule has 1 saturated heterocycles. The molecule has 0 atom stereocenters. The molecule has 2 aromatic rings. The average Bonchev–Trinajstić information content (AvgIpc) is 2.55. The van der Waals surface area contributed by atoms with Crippen LogP contribution in [0.4, 0.5) is 24.7 Å². The van der Waals surface area contributed by atoms with Gasteiger partial charge in [-0.3, -0.25) is 4.90 Å². The fraction of sp³-hybridized carbons (Fsp3) is 0.333. The highest BCUT2D eigenvalue weighted by Gasteiger charge is 2.34. The minimum Gasteiger partial charge on any atom is -0.363 e. The highest BCUT2D eigenvalue weighted by Crippen LogP contribution is 2.32. The van der Waals surface area contributed by atoms with Gasteiger partial charge < -0.3 is 4.90 Å². The van der Waals surface area contributed by atoms with E-state index in [0.717, 1.165) is 31.0 Å². The minimum absolute atomic E-state index is 0.0857. The van der Waals surface area contributed by atoms with Crippen molar-refractivity contribution in [1.29, 1.82) is 0 Å². The molecule has 1 fully saturated rings. The maximum atomic E-state index is 12.7. The van der Waals surface area contributed by atoms with Crippen molar-refractivity contribution in [3.63, 3.8) is 0 Å². The number of anilines is 2.